The fraction of sp³-hybridized carbons (Fsp3) is 0.538. The summed E-state index contributed by atoms with van der Waals surface area (Å²) in [5.74, 6) is 0.852. The minimum Gasteiger partial charge on any atom is -0.330 e. The van der Waals surface area contributed by atoms with Crippen molar-refractivity contribution >= 4 is 0 Å². The molecule has 84 valence electrons. The first kappa shape index (κ1) is 12.2. The van der Waals surface area contributed by atoms with E-state index < -0.39 is 0 Å². The molecule has 2 atom stereocenters. The van der Waals surface area contributed by atoms with Crippen molar-refractivity contribution in [3.8, 4) is 0 Å². The van der Waals surface area contributed by atoms with Gasteiger partial charge in [-0.15, -0.1) is 0 Å². The predicted octanol–water partition coefficient (Wildman–Crippen LogP) is 3.22. The Hall–Kier alpha value is -0.890. The van der Waals surface area contributed by atoms with Gasteiger partial charge in [0.2, 0.25) is 0 Å². The van der Waals surface area contributed by atoms with Gasteiger partial charge in [-0.05, 0) is 48.9 Å². The van der Waals surface area contributed by atoms with Gasteiger partial charge in [0.25, 0.3) is 0 Å². The summed E-state index contributed by atoms with van der Waals surface area (Å²) >= 11 is 0. The average molecular weight is 209 g/mol. The van der Waals surface area contributed by atoms with Crippen LogP contribution in [0.1, 0.15) is 37.3 Å². The first-order valence-electron chi connectivity index (χ1n) is 5.52. The molecule has 0 aliphatic rings. The summed E-state index contributed by atoms with van der Waals surface area (Å²) in [6.45, 7) is 6.88. The number of rotatable bonds is 4. The molecule has 1 nitrogen and oxygen atoms in total. The molecular weight excluding hydrogens is 189 g/mol. The summed E-state index contributed by atoms with van der Waals surface area (Å²) < 4.78 is 13.1. The summed E-state index contributed by atoms with van der Waals surface area (Å²) in [5.41, 5.74) is 7.46. The molecule has 0 heterocycles. The van der Waals surface area contributed by atoms with Crippen molar-refractivity contribution in [2.24, 2.45) is 11.7 Å². The van der Waals surface area contributed by atoms with E-state index in [0.29, 0.717) is 18.4 Å². The summed E-state index contributed by atoms with van der Waals surface area (Å²) in [5, 5.41) is 0. The lowest BCUT2D eigenvalue weighted by Crippen LogP contribution is -2.12. The number of hydrogen-bond acceptors (Lipinski definition) is 1. The second kappa shape index (κ2) is 5.26. The molecule has 0 aliphatic carbocycles. The van der Waals surface area contributed by atoms with E-state index in [4.69, 9.17) is 5.73 Å². The molecule has 0 saturated carbocycles. The minimum atomic E-state index is -0.127. The molecule has 2 N–H and O–H groups in total. The monoisotopic (exact) mass is 209 g/mol. The minimum absolute atomic E-state index is 0.127. The highest BCUT2D eigenvalue weighted by atomic mass is 19.1. The first-order chi connectivity index (χ1) is 7.06. The van der Waals surface area contributed by atoms with Crippen molar-refractivity contribution in [3.63, 3.8) is 0 Å². The van der Waals surface area contributed by atoms with Crippen LogP contribution in [0.5, 0.6) is 0 Å². The molecule has 1 aromatic carbocycles. The Morgan fingerprint density at radius 2 is 2.00 bits per heavy atom. The summed E-state index contributed by atoms with van der Waals surface area (Å²) in [6.07, 6.45) is 1.01. The Balaban J connectivity index is 2.81. The van der Waals surface area contributed by atoms with E-state index in [1.165, 1.54) is 5.56 Å². The van der Waals surface area contributed by atoms with Crippen LogP contribution in [0.3, 0.4) is 0 Å². The van der Waals surface area contributed by atoms with Crippen LogP contribution >= 0.6 is 0 Å². The maximum Gasteiger partial charge on any atom is 0.126 e. The van der Waals surface area contributed by atoms with Gasteiger partial charge < -0.3 is 5.73 Å². The van der Waals surface area contributed by atoms with E-state index in [1.54, 1.807) is 13.0 Å². The molecule has 2 unspecified atom stereocenters. The lowest BCUT2D eigenvalue weighted by Gasteiger charge is -2.20. The topological polar surface area (TPSA) is 26.0 Å². The van der Waals surface area contributed by atoms with Gasteiger partial charge in [0.1, 0.15) is 5.82 Å². The molecule has 1 aromatic rings. The molecule has 0 aliphatic heterocycles. The fourth-order valence-electron chi connectivity index (χ4n) is 1.79. The van der Waals surface area contributed by atoms with Crippen LogP contribution in [0, 0.1) is 18.7 Å². The van der Waals surface area contributed by atoms with Crippen LogP contribution in [0.25, 0.3) is 0 Å². The molecule has 0 bridgehead atoms. The van der Waals surface area contributed by atoms with Crippen LogP contribution in [0.4, 0.5) is 4.39 Å². The van der Waals surface area contributed by atoms with Gasteiger partial charge in [0, 0.05) is 0 Å². The van der Waals surface area contributed by atoms with Crippen LogP contribution in [-0.2, 0) is 0 Å². The Kier molecular flexibility index (Phi) is 4.28. The standard InChI is InChI=1S/C13H20FN/c1-9(6-7-15)11(3)12-4-5-13(14)10(2)8-12/h4-5,8-9,11H,6-7,15H2,1-3H3. The Morgan fingerprint density at radius 1 is 1.33 bits per heavy atom. The van der Waals surface area contributed by atoms with Gasteiger partial charge in [-0.2, -0.15) is 0 Å². The molecular formula is C13H20FN. The van der Waals surface area contributed by atoms with Crippen molar-refractivity contribution in [2.45, 2.75) is 33.1 Å². The van der Waals surface area contributed by atoms with Crippen LogP contribution < -0.4 is 5.73 Å². The van der Waals surface area contributed by atoms with Crippen molar-refractivity contribution < 1.29 is 4.39 Å². The molecule has 0 radical (unpaired) electrons. The quantitative estimate of drug-likeness (QED) is 0.809. The van der Waals surface area contributed by atoms with E-state index in [1.807, 2.05) is 12.1 Å². The van der Waals surface area contributed by atoms with Crippen LogP contribution in [0.2, 0.25) is 0 Å². The summed E-state index contributed by atoms with van der Waals surface area (Å²) in [4.78, 5) is 0. The van der Waals surface area contributed by atoms with Crippen molar-refractivity contribution in [1.82, 2.24) is 0 Å². The molecule has 1 rings (SSSR count). The highest BCUT2D eigenvalue weighted by molar-refractivity contribution is 5.26. The lowest BCUT2D eigenvalue weighted by atomic mass is 9.86. The second-order valence-corrected chi connectivity index (χ2v) is 4.35. The third-order valence-corrected chi connectivity index (χ3v) is 3.18. The van der Waals surface area contributed by atoms with E-state index >= 15 is 0 Å². The maximum absolute atomic E-state index is 13.1. The summed E-state index contributed by atoms with van der Waals surface area (Å²) in [6, 6.07) is 5.36. The Labute approximate surface area is 91.5 Å². The van der Waals surface area contributed by atoms with Gasteiger partial charge in [0.05, 0.1) is 0 Å². The number of hydrogen-bond donors (Lipinski definition) is 1. The van der Waals surface area contributed by atoms with Gasteiger partial charge in [0.15, 0.2) is 0 Å². The molecule has 0 aromatic heterocycles. The predicted molar refractivity (Wildman–Crippen MR) is 62.4 cm³/mol. The van der Waals surface area contributed by atoms with Crippen LogP contribution in [-0.4, -0.2) is 6.54 Å². The maximum atomic E-state index is 13.1. The molecule has 15 heavy (non-hydrogen) atoms. The van der Waals surface area contributed by atoms with Crippen molar-refractivity contribution in [1.29, 1.82) is 0 Å². The zero-order chi connectivity index (χ0) is 11.4. The molecule has 0 spiro atoms. The largest absolute Gasteiger partial charge is 0.330 e. The van der Waals surface area contributed by atoms with Crippen molar-refractivity contribution in [2.75, 3.05) is 6.54 Å². The average Bonchev–Trinajstić information content (AvgIpc) is 2.21. The number of nitrogens with two attached hydrogens (primary N) is 1. The van der Waals surface area contributed by atoms with Gasteiger partial charge >= 0.3 is 0 Å². The smallest absolute Gasteiger partial charge is 0.126 e. The van der Waals surface area contributed by atoms with E-state index in [9.17, 15) is 4.39 Å². The van der Waals surface area contributed by atoms with E-state index in [0.717, 1.165) is 12.0 Å². The SMILES string of the molecule is Cc1cc(C(C)C(C)CCN)ccc1F. The fourth-order valence-corrected chi connectivity index (χ4v) is 1.79. The first-order valence-corrected chi connectivity index (χ1v) is 5.52. The normalized spacial score (nSPS) is 15.0. The third-order valence-electron chi connectivity index (χ3n) is 3.18. The zero-order valence-corrected chi connectivity index (χ0v) is 9.76. The van der Waals surface area contributed by atoms with Gasteiger partial charge in [-0.25, -0.2) is 4.39 Å². The molecule has 0 amide bonds. The summed E-state index contributed by atoms with van der Waals surface area (Å²) in [7, 11) is 0. The second-order valence-electron chi connectivity index (χ2n) is 4.35. The van der Waals surface area contributed by atoms with Crippen molar-refractivity contribution in [3.05, 3.63) is 35.1 Å². The molecule has 0 fully saturated rings. The van der Waals surface area contributed by atoms with E-state index in [-0.39, 0.29) is 5.82 Å². The number of aryl methyl sites for hydroxylation is 1. The highest BCUT2D eigenvalue weighted by Gasteiger charge is 2.14. The highest BCUT2D eigenvalue weighted by Crippen LogP contribution is 2.27. The van der Waals surface area contributed by atoms with Gasteiger partial charge in [-0.1, -0.05) is 26.0 Å². The zero-order valence-electron chi connectivity index (χ0n) is 9.76. The van der Waals surface area contributed by atoms with Crippen LogP contribution in [0.15, 0.2) is 18.2 Å². The number of halogens is 1. The number of benzene rings is 1. The third kappa shape index (κ3) is 3.03. The molecule has 2 heteroatoms. The lowest BCUT2D eigenvalue weighted by molar-refractivity contribution is 0.458. The Bertz CT molecular complexity index is 322. The van der Waals surface area contributed by atoms with E-state index in [2.05, 4.69) is 13.8 Å². The van der Waals surface area contributed by atoms with Gasteiger partial charge in [-0.3, -0.25) is 0 Å². The Morgan fingerprint density at radius 3 is 2.53 bits per heavy atom. The molecule has 0 saturated heterocycles.